The van der Waals surface area contributed by atoms with Gasteiger partial charge in [0.1, 0.15) is 6.54 Å². The summed E-state index contributed by atoms with van der Waals surface area (Å²) in [6, 6.07) is 11.8. The predicted octanol–water partition coefficient (Wildman–Crippen LogP) is 1.13. The molecule has 0 saturated carbocycles. The number of aromatic nitrogens is 4. The maximum Gasteiger partial charge on any atom is 0.260 e. The Balaban J connectivity index is 1.50. The number of imidazole rings is 1. The second-order valence-corrected chi connectivity index (χ2v) is 6.36. The highest BCUT2D eigenvalue weighted by Crippen LogP contribution is 2.07. The minimum Gasteiger partial charge on any atom is -0.330 e. The highest BCUT2D eigenvalue weighted by atomic mass is 16.2. The molecule has 0 spiro atoms. The van der Waals surface area contributed by atoms with Crippen LogP contribution >= 0.6 is 0 Å². The molecule has 2 heterocycles. The van der Waals surface area contributed by atoms with Crippen molar-refractivity contribution in [3.8, 4) is 0 Å². The number of aryl methyl sites for hydroxylation is 2. The first-order chi connectivity index (χ1) is 13.0. The van der Waals surface area contributed by atoms with Crippen LogP contribution in [-0.4, -0.2) is 31.1 Å². The van der Waals surface area contributed by atoms with Crippen LogP contribution < -0.4 is 10.9 Å². The predicted molar refractivity (Wildman–Crippen MR) is 99.5 cm³/mol. The molecule has 0 aliphatic heterocycles. The molecule has 0 saturated heterocycles. The standard InChI is InChI=1S/C19H22N6O2/c1-14-8-15(2)25(23-14)12-19(27)22-21-18(26)9-17-10-20-13-24(17)11-16-6-4-3-5-7-16/h3-8,10,13H,9,11-12H2,1-2H3,(H,21,26)(H,22,27). The summed E-state index contributed by atoms with van der Waals surface area (Å²) in [5.41, 5.74) is 8.48. The van der Waals surface area contributed by atoms with Gasteiger partial charge in [-0.05, 0) is 25.5 Å². The van der Waals surface area contributed by atoms with Crippen molar-refractivity contribution >= 4 is 11.8 Å². The molecule has 0 atom stereocenters. The number of amides is 2. The summed E-state index contributed by atoms with van der Waals surface area (Å²) >= 11 is 0. The zero-order chi connectivity index (χ0) is 19.2. The number of hydrogen-bond acceptors (Lipinski definition) is 4. The normalized spacial score (nSPS) is 10.6. The Morgan fingerprint density at radius 3 is 2.52 bits per heavy atom. The van der Waals surface area contributed by atoms with E-state index in [1.807, 2.05) is 54.8 Å². The molecular weight excluding hydrogens is 344 g/mol. The number of carbonyl (C=O) groups excluding carboxylic acids is 2. The molecule has 140 valence electrons. The van der Waals surface area contributed by atoms with E-state index >= 15 is 0 Å². The summed E-state index contributed by atoms with van der Waals surface area (Å²) in [6.07, 6.45) is 3.46. The smallest absolute Gasteiger partial charge is 0.260 e. The molecule has 0 bridgehead atoms. The fourth-order valence-corrected chi connectivity index (χ4v) is 2.78. The van der Waals surface area contributed by atoms with Crippen molar-refractivity contribution in [2.45, 2.75) is 33.4 Å². The number of hydrazine groups is 1. The van der Waals surface area contributed by atoms with E-state index < -0.39 is 0 Å². The fraction of sp³-hybridized carbons (Fsp3) is 0.263. The Hall–Kier alpha value is -3.42. The van der Waals surface area contributed by atoms with Gasteiger partial charge in [-0.15, -0.1) is 0 Å². The van der Waals surface area contributed by atoms with Gasteiger partial charge < -0.3 is 4.57 Å². The Morgan fingerprint density at radius 2 is 1.81 bits per heavy atom. The molecular formula is C19H22N6O2. The maximum atomic E-state index is 12.2. The third kappa shape index (κ3) is 5.04. The highest BCUT2D eigenvalue weighted by Gasteiger charge is 2.11. The van der Waals surface area contributed by atoms with Crippen molar-refractivity contribution in [1.82, 2.24) is 30.2 Å². The number of rotatable bonds is 6. The van der Waals surface area contributed by atoms with Gasteiger partial charge in [0.2, 0.25) is 5.91 Å². The van der Waals surface area contributed by atoms with E-state index in [0.29, 0.717) is 6.54 Å². The Labute approximate surface area is 157 Å². The van der Waals surface area contributed by atoms with E-state index in [2.05, 4.69) is 20.9 Å². The van der Waals surface area contributed by atoms with E-state index in [4.69, 9.17) is 0 Å². The molecule has 27 heavy (non-hydrogen) atoms. The van der Waals surface area contributed by atoms with Gasteiger partial charge in [0.25, 0.3) is 5.91 Å². The third-order valence-corrected chi connectivity index (χ3v) is 4.07. The average molecular weight is 366 g/mol. The van der Waals surface area contributed by atoms with Gasteiger partial charge in [0, 0.05) is 24.1 Å². The Morgan fingerprint density at radius 1 is 1.07 bits per heavy atom. The molecule has 3 aromatic rings. The molecule has 3 rings (SSSR count). The lowest BCUT2D eigenvalue weighted by atomic mass is 10.2. The maximum absolute atomic E-state index is 12.2. The quantitative estimate of drug-likeness (QED) is 0.640. The monoisotopic (exact) mass is 366 g/mol. The van der Waals surface area contributed by atoms with Gasteiger partial charge in [0.05, 0.1) is 18.4 Å². The first-order valence-electron chi connectivity index (χ1n) is 8.63. The minimum absolute atomic E-state index is 0.0475. The summed E-state index contributed by atoms with van der Waals surface area (Å²) in [7, 11) is 0. The van der Waals surface area contributed by atoms with E-state index in [0.717, 1.165) is 22.6 Å². The van der Waals surface area contributed by atoms with Gasteiger partial charge in [-0.3, -0.25) is 25.1 Å². The molecule has 1 aromatic carbocycles. The van der Waals surface area contributed by atoms with Gasteiger partial charge in [-0.1, -0.05) is 30.3 Å². The number of benzene rings is 1. The first-order valence-corrected chi connectivity index (χ1v) is 8.63. The zero-order valence-electron chi connectivity index (χ0n) is 15.3. The van der Waals surface area contributed by atoms with Gasteiger partial charge in [-0.2, -0.15) is 5.10 Å². The van der Waals surface area contributed by atoms with Crippen molar-refractivity contribution in [2.75, 3.05) is 0 Å². The molecule has 2 N–H and O–H groups in total. The van der Waals surface area contributed by atoms with Crippen LogP contribution in [0.15, 0.2) is 48.9 Å². The van der Waals surface area contributed by atoms with Crippen LogP contribution in [0.25, 0.3) is 0 Å². The summed E-state index contributed by atoms with van der Waals surface area (Å²) in [5.74, 6) is -0.654. The molecule has 0 aliphatic rings. The third-order valence-electron chi connectivity index (χ3n) is 4.07. The summed E-state index contributed by atoms with van der Waals surface area (Å²) in [6.45, 7) is 4.42. The van der Waals surface area contributed by atoms with Crippen LogP contribution in [0, 0.1) is 13.8 Å². The molecule has 8 heteroatoms. The van der Waals surface area contributed by atoms with Gasteiger partial charge >= 0.3 is 0 Å². The summed E-state index contributed by atoms with van der Waals surface area (Å²) in [5, 5.41) is 4.22. The van der Waals surface area contributed by atoms with Gasteiger partial charge in [0.15, 0.2) is 0 Å². The van der Waals surface area contributed by atoms with Crippen LogP contribution in [0.1, 0.15) is 22.6 Å². The van der Waals surface area contributed by atoms with Crippen molar-refractivity contribution in [3.63, 3.8) is 0 Å². The van der Waals surface area contributed by atoms with Crippen LogP contribution in [0.3, 0.4) is 0 Å². The summed E-state index contributed by atoms with van der Waals surface area (Å²) in [4.78, 5) is 28.3. The van der Waals surface area contributed by atoms with E-state index in [1.165, 1.54) is 0 Å². The molecule has 2 amide bonds. The molecule has 0 unspecified atom stereocenters. The molecule has 0 aliphatic carbocycles. The fourth-order valence-electron chi connectivity index (χ4n) is 2.78. The van der Waals surface area contributed by atoms with Crippen molar-refractivity contribution in [3.05, 3.63) is 71.6 Å². The van der Waals surface area contributed by atoms with Crippen molar-refractivity contribution < 1.29 is 9.59 Å². The van der Waals surface area contributed by atoms with Crippen LogP contribution in [0.4, 0.5) is 0 Å². The number of carbonyl (C=O) groups is 2. The van der Waals surface area contributed by atoms with Crippen LogP contribution in [-0.2, 0) is 29.1 Å². The Kier molecular flexibility index (Phi) is 5.65. The molecule has 2 aromatic heterocycles. The van der Waals surface area contributed by atoms with Crippen molar-refractivity contribution in [2.24, 2.45) is 0 Å². The lowest BCUT2D eigenvalue weighted by Crippen LogP contribution is -2.44. The van der Waals surface area contributed by atoms with E-state index in [-0.39, 0.29) is 24.8 Å². The zero-order valence-corrected chi connectivity index (χ0v) is 15.3. The molecule has 0 radical (unpaired) electrons. The van der Waals surface area contributed by atoms with E-state index in [1.54, 1.807) is 17.2 Å². The Bertz CT molecular complexity index is 929. The second-order valence-electron chi connectivity index (χ2n) is 6.36. The summed E-state index contributed by atoms with van der Waals surface area (Å²) < 4.78 is 3.50. The second kappa shape index (κ2) is 8.31. The lowest BCUT2D eigenvalue weighted by Gasteiger charge is -2.10. The molecule has 0 fully saturated rings. The first kappa shape index (κ1) is 18.4. The highest BCUT2D eigenvalue weighted by molar-refractivity contribution is 5.82. The van der Waals surface area contributed by atoms with Crippen molar-refractivity contribution in [1.29, 1.82) is 0 Å². The molecule has 8 nitrogen and oxygen atoms in total. The van der Waals surface area contributed by atoms with Crippen LogP contribution in [0.5, 0.6) is 0 Å². The SMILES string of the molecule is Cc1cc(C)n(CC(=O)NNC(=O)Cc2cncn2Cc2ccccc2)n1. The van der Waals surface area contributed by atoms with E-state index in [9.17, 15) is 9.59 Å². The number of nitrogens with zero attached hydrogens (tertiary/aromatic N) is 4. The number of nitrogens with one attached hydrogen (secondary N) is 2. The van der Waals surface area contributed by atoms with Gasteiger partial charge in [-0.25, -0.2) is 4.98 Å². The lowest BCUT2D eigenvalue weighted by molar-refractivity contribution is -0.129. The average Bonchev–Trinajstić information content (AvgIpc) is 3.20. The van der Waals surface area contributed by atoms with Crippen LogP contribution in [0.2, 0.25) is 0 Å². The number of hydrogen-bond donors (Lipinski definition) is 2. The largest absolute Gasteiger partial charge is 0.330 e. The minimum atomic E-state index is -0.340. The topological polar surface area (TPSA) is 93.8 Å².